The van der Waals surface area contributed by atoms with E-state index in [0.29, 0.717) is 6.54 Å². The maximum absolute atomic E-state index is 14.2. The van der Waals surface area contributed by atoms with Crippen LogP contribution >= 0.6 is 7.26 Å². The third kappa shape index (κ3) is 4.66. The summed E-state index contributed by atoms with van der Waals surface area (Å²) >= 11 is 0. The topological polar surface area (TPSA) is 29.5 Å². The van der Waals surface area contributed by atoms with Crippen molar-refractivity contribution in [3.8, 4) is 5.75 Å². The first-order valence-corrected chi connectivity index (χ1v) is 13.6. The summed E-state index contributed by atoms with van der Waals surface area (Å²) in [6, 6.07) is 40.0. The lowest BCUT2D eigenvalue weighted by Gasteiger charge is -2.32. The average molecular weight is 546 g/mol. The molecule has 1 aliphatic rings. The van der Waals surface area contributed by atoms with E-state index in [-0.39, 0.29) is 28.5 Å². The van der Waals surface area contributed by atoms with Crippen LogP contribution in [0.3, 0.4) is 0 Å². The molecule has 0 bridgehead atoms. The molecule has 1 amide bonds. The first-order valence-electron chi connectivity index (χ1n) is 11.7. The zero-order valence-electron chi connectivity index (χ0n) is 19.8. The van der Waals surface area contributed by atoms with E-state index in [1.54, 1.807) is 7.11 Å². The second kappa shape index (κ2) is 11.2. The van der Waals surface area contributed by atoms with Gasteiger partial charge < -0.3 is 26.6 Å². The molecule has 1 saturated heterocycles. The van der Waals surface area contributed by atoms with Gasteiger partial charge in [0.2, 0.25) is 0 Å². The van der Waals surface area contributed by atoms with Crippen molar-refractivity contribution in [2.75, 3.05) is 13.7 Å². The van der Waals surface area contributed by atoms with Crippen molar-refractivity contribution in [2.45, 2.75) is 18.6 Å². The van der Waals surface area contributed by atoms with E-state index in [9.17, 15) is 4.79 Å². The summed E-state index contributed by atoms with van der Waals surface area (Å²) in [5.74, 6) is 1.06. The molecule has 178 valence electrons. The van der Waals surface area contributed by atoms with Crippen LogP contribution in [0.4, 0.5) is 0 Å². The van der Waals surface area contributed by atoms with E-state index >= 15 is 0 Å². The van der Waals surface area contributed by atoms with Crippen LogP contribution in [0, 0.1) is 0 Å². The third-order valence-corrected chi connectivity index (χ3v) is 11.5. The van der Waals surface area contributed by atoms with Gasteiger partial charge in [-0.2, -0.15) is 0 Å². The van der Waals surface area contributed by atoms with Crippen molar-refractivity contribution in [1.29, 1.82) is 0 Å². The van der Waals surface area contributed by atoms with Crippen LogP contribution in [0.15, 0.2) is 115 Å². The van der Waals surface area contributed by atoms with Gasteiger partial charge in [0.15, 0.2) is 5.66 Å². The SMILES string of the molecule is COc1ccccc1CN1CC[C@@H]([P+](c2ccccc2)(c2ccccc2)c2ccccc2)C1=O.[Br-]. The summed E-state index contributed by atoms with van der Waals surface area (Å²) in [7, 11) is -0.556. The van der Waals surface area contributed by atoms with Gasteiger partial charge in [0.25, 0.3) is 5.91 Å². The first-order chi connectivity index (χ1) is 16.7. The molecule has 0 unspecified atom stereocenters. The molecule has 0 spiro atoms. The Bertz CT molecular complexity index is 1150. The number of para-hydroxylation sites is 1. The number of likely N-dealkylation sites (tertiary alicyclic amines) is 1. The normalized spacial score (nSPS) is 15.5. The zero-order chi connectivity index (χ0) is 23.4. The summed E-state index contributed by atoms with van der Waals surface area (Å²) in [6.45, 7) is 1.31. The Morgan fingerprint density at radius 3 is 1.69 bits per heavy atom. The highest BCUT2D eigenvalue weighted by atomic mass is 79.9. The minimum atomic E-state index is -2.24. The highest BCUT2D eigenvalue weighted by Crippen LogP contribution is 2.62. The second-order valence-corrected chi connectivity index (χ2v) is 12.2. The fourth-order valence-corrected chi connectivity index (χ4v) is 10.2. The zero-order valence-corrected chi connectivity index (χ0v) is 22.2. The number of benzene rings is 4. The largest absolute Gasteiger partial charge is 1.00 e. The lowest BCUT2D eigenvalue weighted by molar-refractivity contribution is -0.127. The molecule has 0 aliphatic carbocycles. The average Bonchev–Trinajstić information content (AvgIpc) is 3.27. The summed E-state index contributed by atoms with van der Waals surface area (Å²) in [5, 5.41) is 3.76. The molecule has 35 heavy (non-hydrogen) atoms. The third-order valence-electron chi connectivity index (χ3n) is 6.78. The summed E-state index contributed by atoms with van der Waals surface area (Å²) in [5.41, 5.74) is 0.941. The maximum atomic E-state index is 14.2. The first kappa shape index (κ1) is 25.2. The van der Waals surface area contributed by atoms with Crippen LogP contribution in [0.5, 0.6) is 5.75 Å². The lowest BCUT2D eigenvalue weighted by atomic mass is 10.2. The number of amides is 1. The highest BCUT2D eigenvalue weighted by Gasteiger charge is 2.58. The molecule has 1 fully saturated rings. The molecule has 4 aromatic carbocycles. The summed E-state index contributed by atoms with van der Waals surface area (Å²) in [6.07, 6.45) is 0.834. The van der Waals surface area contributed by atoms with Gasteiger partial charge in [-0.3, -0.25) is 4.79 Å². The monoisotopic (exact) mass is 545 g/mol. The van der Waals surface area contributed by atoms with E-state index in [1.165, 1.54) is 15.9 Å². The Labute approximate surface area is 218 Å². The predicted molar refractivity (Wildman–Crippen MR) is 142 cm³/mol. The van der Waals surface area contributed by atoms with E-state index in [0.717, 1.165) is 24.3 Å². The van der Waals surface area contributed by atoms with Crippen LogP contribution in [0.1, 0.15) is 12.0 Å². The van der Waals surface area contributed by atoms with E-state index in [4.69, 9.17) is 4.74 Å². The molecule has 0 N–H and O–H groups in total. The molecule has 1 aliphatic heterocycles. The molecular formula is C30H29BrNO2P. The van der Waals surface area contributed by atoms with Crippen molar-refractivity contribution in [1.82, 2.24) is 4.90 Å². The minimum Gasteiger partial charge on any atom is -1.00 e. The van der Waals surface area contributed by atoms with E-state index in [2.05, 4.69) is 91.0 Å². The Morgan fingerprint density at radius 2 is 1.20 bits per heavy atom. The molecule has 0 radical (unpaired) electrons. The fourth-order valence-electron chi connectivity index (χ4n) is 5.25. The number of methoxy groups -OCH3 is 1. The van der Waals surface area contributed by atoms with Gasteiger partial charge in [0.05, 0.1) is 7.11 Å². The van der Waals surface area contributed by atoms with Gasteiger partial charge in [-0.15, -0.1) is 0 Å². The Morgan fingerprint density at radius 1 is 0.743 bits per heavy atom. The smallest absolute Gasteiger partial charge is 0.264 e. The number of carbonyl (C=O) groups excluding carboxylic acids is 1. The molecule has 5 heteroatoms. The van der Waals surface area contributed by atoms with Crippen LogP contribution in [-0.4, -0.2) is 30.1 Å². The number of hydrogen-bond donors (Lipinski definition) is 0. The summed E-state index contributed by atoms with van der Waals surface area (Å²) in [4.78, 5) is 16.2. The van der Waals surface area contributed by atoms with Crippen molar-refractivity contribution in [3.05, 3.63) is 121 Å². The molecule has 1 atom stereocenters. The number of halogens is 1. The molecule has 1 heterocycles. The number of ether oxygens (including phenoxy) is 1. The number of rotatable bonds is 7. The van der Waals surface area contributed by atoms with Gasteiger partial charge in [-0.1, -0.05) is 72.8 Å². The quantitative estimate of drug-likeness (QED) is 0.331. The van der Waals surface area contributed by atoms with Crippen molar-refractivity contribution in [2.24, 2.45) is 0 Å². The highest BCUT2D eigenvalue weighted by molar-refractivity contribution is 7.96. The number of nitrogens with zero attached hydrogens (tertiary/aromatic N) is 1. The van der Waals surface area contributed by atoms with Gasteiger partial charge in [0, 0.05) is 25.1 Å². The maximum Gasteiger partial charge on any atom is 0.264 e. The van der Waals surface area contributed by atoms with Crippen molar-refractivity contribution < 1.29 is 26.5 Å². The van der Waals surface area contributed by atoms with E-state index < -0.39 is 7.26 Å². The Kier molecular flexibility index (Phi) is 8.05. The fraction of sp³-hybridized carbons (Fsp3) is 0.167. The van der Waals surface area contributed by atoms with Crippen LogP contribution in [0.2, 0.25) is 0 Å². The van der Waals surface area contributed by atoms with Crippen LogP contribution in [0.25, 0.3) is 0 Å². The molecule has 0 aromatic heterocycles. The Balaban J connectivity index is 0.00000289. The van der Waals surface area contributed by atoms with Gasteiger partial charge in [0.1, 0.15) is 28.9 Å². The molecular weight excluding hydrogens is 517 g/mol. The molecule has 4 aromatic rings. The minimum absolute atomic E-state index is 0. The van der Waals surface area contributed by atoms with Crippen LogP contribution in [-0.2, 0) is 11.3 Å². The predicted octanol–water partition coefficient (Wildman–Crippen LogP) is 1.79. The second-order valence-electron chi connectivity index (χ2n) is 8.61. The Hall–Kier alpha value is -2.94. The van der Waals surface area contributed by atoms with Gasteiger partial charge >= 0.3 is 0 Å². The van der Waals surface area contributed by atoms with Gasteiger partial charge in [-0.25, -0.2) is 0 Å². The van der Waals surface area contributed by atoms with Crippen molar-refractivity contribution >= 4 is 29.1 Å². The number of carbonyl (C=O) groups is 1. The standard InChI is InChI=1S/C30H29NO2P.BrH/c1-33-28-20-12-11-13-24(28)23-31-22-21-29(30(31)32)34(25-14-5-2-6-15-25,26-16-7-3-8-17-26)27-18-9-4-10-19-27;/h2-20,29H,21-23H2,1H3;1H/q+1;/p-1/t29-;/m1./s1. The van der Waals surface area contributed by atoms with Gasteiger partial charge in [-0.05, 0) is 42.5 Å². The van der Waals surface area contributed by atoms with E-state index in [1.807, 2.05) is 29.2 Å². The molecule has 3 nitrogen and oxygen atoms in total. The van der Waals surface area contributed by atoms with Crippen LogP contribution < -0.4 is 37.6 Å². The lowest BCUT2D eigenvalue weighted by Crippen LogP contribution is -3.00. The summed E-state index contributed by atoms with van der Waals surface area (Å²) < 4.78 is 5.56. The molecule has 5 rings (SSSR count). The molecule has 0 saturated carbocycles. The number of hydrogen-bond acceptors (Lipinski definition) is 2. The van der Waals surface area contributed by atoms with Crippen molar-refractivity contribution in [3.63, 3.8) is 0 Å².